The van der Waals surface area contributed by atoms with Crippen LogP contribution in [0.15, 0.2) is 18.2 Å². The van der Waals surface area contributed by atoms with Crippen molar-refractivity contribution in [2.45, 2.75) is 31.7 Å². The maximum absolute atomic E-state index is 12.7. The van der Waals surface area contributed by atoms with Gasteiger partial charge >= 0.3 is 12.1 Å². The van der Waals surface area contributed by atoms with Crippen LogP contribution in [0.3, 0.4) is 0 Å². The van der Waals surface area contributed by atoms with Crippen molar-refractivity contribution in [2.24, 2.45) is 5.73 Å². The Morgan fingerprint density at radius 2 is 2.00 bits per heavy atom. The minimum atomic E-state index is -1.23. The van der Waals surface area contributed by atoms with Crippen LogP contribution in [0.25, 0.3) is 0 Å². The van der Waals surface area contributed by atoms with Crippen LogP contribution in [-0.4, -0.2) is 35.3 Å². The maximum atomic E-state index is 12.7. The number of carbonyl (C=O) groups is 4. The van der Waals surface area contributed by atoms with Crippen LogP contribution in [0.4, 0.5) is 9.59 Å². The maximum Gasteiger partial charge on any atom is 0.325 e. The van der Waals surface area contributed by atoms with Crippen LogP contribution >= 0.6 is 0 Å². The average molecular weight is 330 g/mol. The first-order valence-corrected chi connectivity index (χ1v) is 7.67. The lowest BCUT2D eigenvalue weighted by molar-refractivity contribution is -0.134. The summed E-state index contributed by atoms with van der Waals surface area (Å²) >= 11 is 0. The molecule has 1 aliphatic carbocycles. The Kier molecular flexibility index (Phi) is 3.75. The standard InChI is InChI=1S/C16H18N4O4/c1-16(11-6-5-9-3-2-4-10(9)7-11)13(22)20(15(24)19-16)8-12(21)18-14(17)23/h5-7H,2-4,8H2,1H3,(H,19,24)(H3,17,18,21,23)/t16-/m1/s1. The van der Waals surface area contributed by atoms with Crippen molar-refractivity contribution in [1.82, 2.24) is 15.5 Å². The molecule has 0 spiro atoms. The van der Waals surface area contributed by atoms with E-state index in [9.17, 15) is 19.2 Å². The molecule has 1 aliphatic heterocycles. The minimum Gasteiger partial charge on any atom is -0.351 e. The van der Waals surface area contributed by atoms with E-state index in [2.05, 4.69) is 5.32 Å². The number of nitrogens with one attached hydrogen (secondary N) is 2. The van der Waals surface area contributed by atoms with Crippen molar-refractivity contribution in [1.29, 1.82) is 0 Å². The van der Waals surface area contributed by atoms with E-state index in [4.69, 9.17) is 5.73 Å². The molecule has 0 aromatic heterocycles. The summed E-state index contributed by atoms with van der Waals surface area (Å²) in [5.41, 5.74) is 6.75. The molecule has 2 aliphatic rings. The normalized spacial score (nSPS) is 22.3. The predicted octanol–water partition coefficient (Wildman–Crippen LogP) is 0.137. The Morgan fingerprint density at radius 3 is 2.71 bits per heavy atom. The number of aryl methyl sites for hydroxylation is 2. The van der Waals surface area contributed by atoms with E-state index in [1.54, 1.807) is 6.92 Å². The van der Waals surface area contributed by atoms with E-state index in [1.165, 1.54) is 11.1 Å². The molecule has 126 valence electrons. The third-order valence-corrected chi connectivity index (χ3v) is 4.52. The molecule has 1 aromatic carbocycles. The summed E-state index contributed by atoms with van der Waals surface area (Å²) in [5.74, 6) is -1.35. The first-order chi connectivity index (χ1) is 11.3. The lowest BCUT2D eigenvalue weighted by Crippen LogP contribution is -2.45. The van der Waals surface area contributed by atoms with E-state index in [0.29, 0.717) is 5.56 Å². The van der Waals surface area contributed by atoms with Gasteiger partial charge in [0.2, 0.25) is 5.91 Å². The third-order valence-electron chi connectivity index (χ3n) is 4.52. The average Bonchev–Trinajstić information content (AvgIpc) is 3.05. The summed E-state index contributed by atoms with van der Waals surface area (Å²) in [6, 6.07) is 4.03. The number of amides is 6. The van der Waals surface area contributed by atoms with Crippen molar-refractivity contribution in [3.05, 3.63) is 34.9 Å². The van der Waals surface area contributed by atoms with Crippen molar-refractivity contribution in [3.63, 3.8) is 0 Å². The molecule has 8 heteroatoms. The SMILES string of the molecule is C[C@]1(c2ccc3c(c2)CCC3)NC(=O)N(CC(=O)NC(N)=O)C1=O. The summed E-state index contributed by atoms with van der Waals surface area (Å²) in [6.07, 6.45) is 3.05. The Bertz CT molecular complexity index is 760. The lowest BCUT2D eigenvalue weighted by Gasteiger charge is -2.23. The summed E-state index contributed by atoms with van der Waals surface area (Å²) in [7, 11) is 0. The highest BCUT2D eigenvalue weighted by atomic mass is 16.2. The van der Waals surface area contributed by atoms with Crippen LogP contribution < -0.4 is 16.4 Å². The number of carbonyl (C=O) groups excluding carboxylic acids is 4. The van der Waals surface area contributed by atoms with Gasteiger partial charge < -0.3 is 11.1 Å². The van der Waals surface area contributed by atoms with Crippen LogP contribution in [0.1, 0.15) is 30.0 Å². The van der Waals surface area contributed by atoms with Gasteiger partial charge in [-0.2, -0.15) is 0 Å². The Morgan fingerprint density at radius 1 is 1.29 bits per heavy atom. The molecule has 1 fully saturated rings. The fourth-order valence-corrected chi connectivity index (χ4v) is 3.24. The number of fused-ring (bicyclic) bond motifs is 1. The van der Waals surface area contributed by atoms with Gasteiger partial charge in [-0.05, 0) is 42.9 Å². The van der Waals surface area contributed by atoms with E-state index in [0.717, 1.165) is 24.2 Å². The third kappa shape index (κ3) is 2.60. The second-order valence-corrected chi connectivity index (χ2v) is 6.20. The molecule has 6 amide bonds. The fourth-order valence-electron chi connectivity index (χ4n) is 3.24. The summed E-state index contributed by atoms with van der Waals surface area (Å²) in [4.78, 5) is 47.9. The number of rotatable bonds is 3. The number of hydrogen-bond acceptors (Lipinski definition) is 4. The zero-order chi connectivity index (χ0) is 17.5. The van der Waals surface area contributed by atoms with Gasteiger partial charge in [-0.1, -0.05) is 18.2 Å². The molecule has 1 saturated heterocycles. The minimum absolute atomic E-state index is 0.537. The Balaban J connectivity index is 1.84. The van der Waals surface area contributed by atoms with Crippen LogP contribution in [0.5, 0.6) is 0 Å². The van der Waals surface area contributed by atoms with Crippen LogP contribution in [0, 0.1) is 0 Å². The second kappa shape index (κ2) is 5.63. The first-order valence-electron chi connectivity index (χ1n) is 7.67. The number of primary amides is 1. The fraction of sp³-hybridized carbons (Fsp3) is 0.375. The van der Waals surface area contributed by atoms with Gasteiger partial charge in [0.1, 0.15) is 12.1 Å². The molecule has 8 nitrogen and oxygen atoms in total. The molecule has 0 saturated carbocycles. The molecule has 0 radical (unpaired) electrons. The molecular weight excluding hydrogens is 312 g/mol. The van der Waals surface area contributed by atoms with Gasteiger partial charge in [0.15, 0.2) is 0 Å². The lowest BCUT2D eigenvalue weighted by atomic mass is 9.89. The molecule has 3 rings (SSSR count). The topological polar surface area (TPSA) is 122 Å². The number of imide groups is 2. The number of nitrogens with two attached hydrogens (primary N) is 1. The highest BCUT2D eigenvalue weighted by Gasteiger charge is 2.49. The molecule has 0 unspecified atom stereocenters. The largest absolute Gasteiger partial charge is 0.351 e. The van der Waals surface area contributed by atoms with Crippen LogP contribution in [0.2, 0.25) is 0 Å². The number of urea groups is 2. The summed E-state index contributed by atoms with van der Waals surface area (Å²) in [6.45, 7) is 1.05. The number of hydrogen-bond donors (Lipinski definition) is 3. The van der Waals surface area contributed by atoms with Crippen molar-refractivity contribution < 1.29 is 19.2 Å². The summed E-state index contributed by atoms with van der Waals surface area (Å²) in [5, 5.41) is 4.48. The van der Waals surface area contributed by atoms with Gasteiger partial charge in [0, 0.05) is 0 Å². The molecule has 24 heavy (non-hydrogen) atoms. The van der Waals surface area contributed by atoms with Gasteiger partial charge in [0.05, 0.1) is 0 Å². The van der Waals surface area contributed by atoms with E-state index >= 15 is 0 Å². The highest BCUT2D eigenvalue weighted by Crippen LogP contribution is 2.32. The number of nitrogens with zero attached hydrogens (tertiary/aromatic N) is 1. The second-order valence-electron chi connectivity index (χ2n) is 6.20. The van der Waals surface area contributed by atoms with Crippen molar-refractivity contribution >= 4 is 23.9 Å². The smallest absolute Gasteiger partial charge is 0.325 e. The predicted molar refractivity (Wildman–Crippen MR) is 83.8 cm³/mol. The zero-order valence-electron chi connectivity index (χ0n) is 13.2. The van der Waals surface area contributed by atoms with Crippen molar-refractivity contribution in [3.8, 4) is 0 Å². The molecule has 1 atom stereocenters. The first kappa shape index (κ1) is 16.0. The summed E-state index contributed by atoms with van der Waals surface area (Å²) < 4.78 is 0. The molecule has 1 heterocycles. The highest BCUT2D eigenvalue weighted by molar-refractivity contribution is 6.10. The Hall–Kier alpha value is -2.90. The van der Waals surface area contributed by atoms with Gasteiger partial charge in [-0.15, -0.1) is 0 Å². The molecule has 0 bridgehead atoms. The number of benzene rings is 1. The van der Waals surface area contributed by atoms with Crippen LogP contribution in [-0.2, 0) is 28.0 Å². The Labute approximate surface area is 138 Å². The van der Waals surface area contributed by atoms with E-state index < -0.39 is 36.0 Å². The molecular formula is C16H18N4O4. The molecule has 4 N–H and O–H groups in total. The van der Waals surface area contributed by atoms with Gasteiger partial charge in [-0.25, -0.2) is 9.59 Å². The monoisotopic (exact) mass is 330 g/mol. The van der Waals surface area contributed by atoms with Crippen molar-refractivity contribution in [2.75, 3.05) is 6.54 Å². The molecule has 1 aromatic rings. The van der Waals surface area contributed by atoms with E-state index in [1.807, 2.05) is 23.5 Å². The van der Waals surface area contributed by atoms with Gasteiger partial charge in [-0.3, -0.25) is 19.8 Å². The van der Waals surface area contributed by atoms with Gasteiger partial charge in [0.25, 0.3) is 5.91 Å². The quantitative estimate of drug-likeness (QED) is 0.682. The zero-order valence-corrected chi connectivity index (χ0v) is 13.2. The van der Waals surface area contributed by atoms with E-state index in [-0.39, 0.29) is 0 Å².